The fraction of sp³-hybridized carbons (Fsp3) is 0.250. The molecule has 1 amide bonds. The zero-order chi connectivity index (χ0) is 24.5. The molecule has 10 heteroatoms. The molecule has 34 heavy (non-hydrogen) atoms. The van der Waals surface area contributed by atoms with E-state index in [4.69, 9.17) is 10.5 Å². The van der Waals surface area contributed by atoms with Gasteiger partial charge in [-0.25, -0.2) is 9.78 Å². The lowest BCUT2D eigenvalue weighted by Gasteiger charge is -2.20. The predicted molar refractivity (Wildman–Crippen MR) is 118 cm³/mol. The zero-order valence-corrected chi connectivity index (χ0v) is 17.8. The first kappa shape index (κ1) is 23.5. The SMILES string of the molecule is Nc1ncc(C(O)C(O)CNC(=O)OCC2c3ccccc3-c3ccccc32)cc1C(F)(F)F. The van der Waals surface area contributed by atoms with E-state index < -0.39 is 42.4 Å². The van der Waals surface area contributed by atoms with Gasteiger partial charge < -0.3 is 26.0 Å². The molecular weight excluding hydrogens is 451 g/mol. The van der Waals surface area contributed by atoms with Gasteiger partial charge >= 0.3 is 12.3 Å². The van der Waals surface area contributed by atoms with E-state index in [2.05, 4.69) is 10.3 Å². The summed E-state index contributed by atoms with van der Waals surface area (Å²) in [6.45, 7) is -0.404. The Kier molecular flexibility index (Phi) is 6.45. The van der Waals surface area contributed by atoms with Gasteiger partial charge in [-0.3, -0.25) is 0 Å². The van der Waals surface area contributed by atoms with Gasteiger partial charge in [-0.1, -0.05) is 48.5 Å². The van der Waals surface area contributed by atoms with E-state index in [0.29, 0.717) is 6.07 Å². The topological polar surface area (TPSA) is 118 Å². The van der Waals surface area contributed by atoms with Crippen molar-refractivity contribution >= 4 is 11.9 Å². The zero-order valence-electron chi connectivity index (χ0n) is 17.8. The van der Waals surface area contributed by atoms with Crippen molar-refractivity contribution in [1.82, 2.24) is 10.3 Å². The summed E-state index contributed by atoms with van der Waals surface area (Å²) >= 11 is 0. The Morgan fingerprint density at radius 2 is 1.68 bits per heavy atom. The Labute approximate surface area is 193 Å². The van der Waals surface area contributed by atoms with Crippen LogP contribution in [0.3, 0.4) is 0 Å². The molecule has 2 atom stereocenters. The summed E-state index contributed by atoms with van der Waals surface area (Å²) < 4.78 is 44.4. The van der Waals surface area contributed by atoms with Crippen LogP contribution in [-0.2, 0) is 10.9 Å². The Morgan fingerprint density at radius 1 is 1.09 bits per heavy atom. The molecule has 1 heterocycles. The second-order valence-corrected chi connectivity index (χ2v) is 7.92. The van der Waals surface area contributed by atoms with Gasteiger partial charge in [0.1, 0.15) is 24.6 Å². The highest BCUT2D eigenvalue weighted by molar-refractivity contribution is 5.79. The number of fused-ring (bicyclic) bond motifs is 3. The Morgan fingerprint density at radius 3 is 2.26 bits per heavy atom. The second kappa shape index (κ2) is 9.32. The Hall–Kier alpha value is -3.63. The molecule has 3 aromatic rings. The molecule has 178 valence electrons. The van der Waals surface area contributed by atoms with E-state index >= 15 is 0 Å². The van der Waals surface area contributed by atoms with Crippen LogP contribution in [0.5, 0.6) is 0 Å². The summed E-state index contributed by atoms with van der Waals surface area (Å²) in [7, 11) is 0. The molecule has 4 rings (SSSR count). The van der Waals surface area contributed by atoms with Crippen LogP contribution in [0.2, 0.25) is 0 Å². The molecule has 0 fully saturated rings. The van der Waals surface area contributed by atoms with Crippen molar-refractivity contribution in [3.05, 3.63) is 83.0 Å². The summed E-state index contributed by atoms with van der Waals surface area (Å²) in [6.07, 6.45) is -8.00. The molecule has 2 aromatic carbocycles. The maximum atomic E-state index is 13.0. The number of nitrogens with two attached hydrogens (primary N) is 1. The molecule has 0 bridgehead atoms. The van der Waals surface area contributed by atoms with Gasteiger partial charge in [-0.15, -0.1) is 0 Å². The molecule has 5 N–H and O–H groups in total. The number of aliphatic hydroxyl groups excluding tert-OH is 2. The summed E-state index contributed by atoms with van der Waals surface area (Å²) in [5, 5.41) is 22.7. The first-order valence-corrected chi connectivity index (χ1v) is 10.4. The van der Waals surface area contributed by atoms with Gasteiger partial charge in [0.15, 0.2) is 0 Å². The number of hydrogen-bond donors (Lipinski definition) is 4. The Bertz CT molecular complexity index is 1160. The number of pyridine rings is 1. The summed E-state index contributed by atoms with van der Waals surface area (Å²) in [4.78, 5) is 15.6. The van der Waals surface area contributed by atoms with E-state index in [-0.39, 0.29) is 18.1 Å². The van der Waals surface area contributed by atoms with Crippen molar-refractivity contribution in [3.8, 4) is 11.1 Å². The fourth-order valence-electron chi connectivity index (χ4n) is 4.05. The second-order valence-electron chi connectivity index (χ2n) is 7.92. The fourth-order valence-corrected chi connectivity index (χ4v) is 4.05. The molecule has 1 aromatic heterocycles. The van der Waals surface area contributed by atoms with Crippen molar-refractivity contribution in [2.45, 2.75) is 24.3 Å². The molecular formula is C24H22F3N3O4. The molecule has 1 aliphatic rings. The minimum Gasteiger partial charge on any atom is -0.449 e. The quantitative estimate of drug-likeness (QED) is 0.435. The van der Waals surface area contributed by atoms with Crippen LogP contribution in [-0.4, -0.2) is 40.5 Å². The molecule has 0 saturated heterocycles. The highest BCUT2D eigenvalue weighted by Crippen LogP contribution is 2.44. The number of benzene rings is 2. The number of halogens is 3. The van der Waals surface area contributed by atoms with Crippen molar-refractivity contribution in [3.63, 3.8) is 0 Å². The standard InChI is InChI=1S/C24H22F3N3O4/c25-24(26,27)19-9-13(10-29-22(19)28)21(32)20(31)11-30-23(33)34-12-18-16-7-3-1-5-14(16)15-6-2-4-8-17(15)18/h1-10,18,20-21,31-32H,11-12H2,(H2,28,29)(H,30,33). The Balaban J connectivity index is 1.35. The number of nitrogens with one attached hydrogen (secondary N) is 1. The number of aromatic nitrogens is 1. The lowest BCUT2D eigenvalue weighted by atomic mass is 9.98. The van der Waals surface area contributed by atoms with Gasteiger partial charge in [0.2, 0.25) is 0 Å². The largest absolute Gasteiger partial charge is 0.449 e. The minimum absolute atomic E-state index is 0.0509. The third-order valence-electron chi connectivity index (χ3n) is 5.75. The van der Waals surface area contributed by atoms with Gasteiger partial charge in [-0.05, 0) is 28.3 Å². The van der Waals surface area contributed by atoms with E-state index in [9.17, 15) is 28.2 Å². The first-order valence-electron chi connectivity index (χ1n) is 10.4. The highest BCUT2D eigenvalue weighted by atomic mass is 19.4. The van der Waals surface area contributed by atoms with Crippen LogP contribution in [0.1, 0.15) is 34.3 Å². The van der Waals surface area contributed by atoms with Crippen LogP contribution in [0.25, 0.3) is 11.1 Å². The number of carbonyl (C=O) groups is 1. The minimum atomic E-state index is -4.77. The number of alkyl halides is 3. The average molecular weight is 473 g/mol. The lowest BCUT2D eigenvalue weighted by molar-refractivity contribution is -0.137. The molecule has 2 unspecified atom stereocenters. The number of ether oxygens (including phenoxy) is 1. The van der Waals surface area contributed by atoms with Crippen LogP contribution in [0.4, 0.5) is 23.8 Å². The molecule has 7 nitrogen and oxygen atoms in total. The monoisotopic (exact) mass is 473 g/mol. The molecule has 0 radical (unpaired) electrons. The van der Waals surface area contributed by atoms with Crippen molar-refractivity contribution in [2.24, 2.45) is 0 Å². The smallest absolute Gasteiger partial charge is 0.419 e. The van der Waals surface area contributed by atoms with Gasteiger partial charge in [0.25, 0.3) is 0 Å². The highest BCUT2D eigenvalue weighted by Gasteiger charge is 2.35. The lowest BCUT2D eigenvalue weighted by Crippen LogP contribution is -2.36. The van der Waals surface area contributed by atoms with Crippen LogP contribution < -0.4 is 11.1 Å². The van der Waals surface area contributed by atoms with Gasteiger partial charge in [0, 0.05) is 24.2 Å². The number of alkyl carbamates (subject to hydrolysis) is 1. The van der Waals surface area contributed by atoms with Crippen LogP contribution in [0.15, 0.2) is 60.8 Å². The van der Waals surface area contributed by atoms with Gasteiger partial charge in [-0.2, -0.15) is 13.2 Å². The molecule has 0 aliphatic heterocycles. The van der Waals surface area contributed by atoms with Crippen molar-refractivity contribution in [1.29, 1.82) is 0 Å². The van der Waals surface area contributed by atoms with Gasteiger partial charge in [0.05, 0.1) is 5.56 Å². The third kappa shape index (κ3) is 4.68. The van der Waals surface area contributed by atoms with Crippen LogP contribution >= 0.6 is 0 Å². The molecule has 0 spiro atoms. The summed E-state index contributed by atoms with van der Waals surface area (Å²) in [6, 6.07) is 16.2. The van der Waals surface area contributed by atoms with E-state index in [1.807, 2.05) is 48.5 Å². The number of carbonyl (C=O) groups excluding carboxylic acids is 1. The molecule has 1 aliphatic carbocycles. The number of aliphatic hydroxyl groups is 2. The number of nitrogens with zero attached hydrogens (tertiary/aromatic N) is 1. The number of anilines is 1. The molecule has 0 saturated carbocycles. The average Bonchev–Trinajstić information content (AvgIpc) is 3.14. The van der Waals surface area contributed by atoms with E-state index in [1.165, 1.54) is 0 Å². The maximum Gasteiger partial charge on any atom is 0.419 e. The number of hydrogen-bond acceptors (Lipinski definition) is 6. The first-order chi connectivity index (χ1) is 16.2. The summed E-state index contributed by atoms with van der Waals surface area (Å²) in [5.41, 5.74) is 7.94. The number of nitrogen functional groups attached to an aromatic ring is 1. The maximum absolute atomic E-state index is 13.0. The van der Waals surface area contributed by atoms with Crippen LogP contribution in [0, 0.1) is 0 Å². The van der Waals surface area contributed by atoms with Crippen molar-refractivity contribution < 1.29 is 32.9 Å². The normalized spacial score (nSPS) is 14.7. The number of amides is 1. The third-order valence-corrected chi connectivity index (χ3v) is 5.75. The summed E-state index contributed by atoms with van der Waals surface area (Å²) in [5.74, 6) is -0.898. The van der Waals surface area contributed by atoms with E-state index in [0.717, 1.165) is 28.5 Å². The van der Waals surface area contributed by atoms with E-state index in [1.54, 1.807) is 0 Å². The van der Waals surface area contributed by atoms with Crippen molar-refractivity contribution in [2.75, 3.05) is 18.9 Å². The number of rotatable bonds is 6. The predicted octanol–water partition coefficient (Wildman–Crippen LogP) is 3.62.